The summed E-state index contributed by atoms with van der Waals surface area (Å²) in [6.07, 6.45) is 6.37. The van der Waals surface area contributed by atoms with Gasteiger partial charge in [-0.2, -0.15) is 0 Å². The summed E-state index contributed by atoms with van der Waals surface area (Å²) in [5.74, 6) is 2.66. The van der Waals surface area contributed by atoms with Crippen LogP contribution in [-0.2, 0) is 6.42 Å². The quantitative estimate of drug-likeness (QED) is 0.459. The molecule has 15 heavy (non-hydrogen) atoms. The summed E-state index contributed by atoms with van der Waals surface area (Å²) in [4.78, 5) is 2.18. The van der Waals surface area contributed by atoms with Crippen LogP contribution < -0.4 is 0 Å². The normalized spacial score (nSPS) is 12.4. The lowest BCUT2D eigenvalue weighted by atomic mass is 10.1. The van der Waals surface area contributed by atoms with Crippen LogP contribution in [0.1, 0.15) is 5.56 Å². The van der Waals surface area contributed by atoms with E-state index in [1.165, 1.54) is 5.56 Å². The van der Waals surface area contributed by atoms with Crippen molar-refractivity contribution in [2.24, 2.45) is 0 Å². The SMILES string of the molecule is C#CCN(C)C[C@@H](I)Cc1ccccc1. The van der Waals surface area contributed by atoms with Gasteiger partial charge in [0, 0.05) is 10.5 Å². The van der Waals surface area contributed by atoms with Crippen LogP contribution in [0.15, 0.2) is 30.3 Å². The molecule has 0 unspecified atom stereocenters. The smallest absolute Gasteiger partial charge is 0.0596 e. The number of hydrogen-bond acceptors (Lipinski definition) is 1. The fourth-order valence-corrected chi connectivity index (χ4v) is 2.67. The Bertz CT molecular complexity index is 315. The van der Waals surface area contributed by atoms with E-state index >= 15 is 0 Å². The molecule has 80 valence electrons. The Kier molecular flexibility index (Phi) is 5.74. The van der Waals surface area contributed by atoms with Gasteiger partial charge in [0.1, 0.15) is 0 Å². The number of benzene rings is 1. The zero-order chi connectivity index (χ0) is 11.1. The average molecular weight is 313 g/mol. The number of nitrogens with zero attached hydrogens (tertiary/aromatic N) is 1. The van der Waals surface area contributed by atoms with E-state index in [0.717, 1.165) is 19.5 Å². The number of terminal acetylenes is 1. The molecule has 0 aliphatic rings. The Balaban J connectivity index is 2.37. The van der Waals surface area contributed by atoms with Crippen LogP contribution in [0, 0.1) is 12.3 Å². The number of hydrogen-bond donors (Lipinski definition) is 0. The maximum atomic E-state index is 5.26. The first-order chi connectivity index (χ1) is 7.22. The second kappa shape index (κ2) is 6.86. The molecule has 0 radical (unpaired) electrons. The fourth-order valence-electron chi connectivity index (χ4n) is 1.49. The lowest BCUT2D eigenvalue weighted by Gasteiger charge is -2.17. The highest BCUT2D eigenvalue weighted by molar-refractivity contribution is 14.1. The van der Waals surface area contributed by atoms with Crippen LogP contribution in [-0.4, -0.2) is 29.0 Å². The van der Waals surface area contributed by atoms with E-state index in [1.54, 1.807) is 0 Å². The minimum Gasteiger partial charge on any atom is -0.294 e. The predicted octanol–water partition coefficient (Wildman–Crippen LogP) is 2.60. The second-order valence-corrected chi connectivity index (χ2v) is 5.45. The molecule has 0 aliphatic carbocycles. The molecule has 0 saturated heterocycles. The average Bonchev–Trinajstić information content (AvgIpc) is 2.19. The van der Waals surface area contributed by atoms with Gasteiger partial charge in [-0.3, -0.25) is 4.90 Å². The van der Waals surface area contributed by atoms with Crippen molar-refractivity contribution in [2.75, 3.05) is 20.1 Å². The van der Waals surface area contributed by atoms with Crippen molar-refractivity contribution in [3.8, 4) is 12.3 Å². The van der Waals surface area contributed by atoms with Crippen LogP contribution in [0.5, 0.6) is 0 Å². The van der Waals surface area contributed by atoms with Gasteiger partial charge in [0.25, 0.3) is 0 Å². The van der Waals surface area contributed by atoms with E-state index in [9.17, 15) is 0 Å². The molecule has 0 aliphatic heterocycles. The van der Waals surface area contributed by atoms with Crippen molar-refractivity contribution < 1.29 is 0 Å². The standard InChI is InChI=1S/C13H16IN/c1-3-9-15(2)11-13(14)10-12-7-5-4-6-8-12/h1,4-8,13H,9-11H2,2H3/t13-/m0/s1. The lowest BCUT2D eigenvalue weighted by molar-refractivity contribution is 0.379. The highest BCUT2D eigenvalue weighted by Gasteiger charge is 2.07. The minimum atomic E-state index is 0.614. The van der Waals surface area contributed by atoms with Gasteiger partial charge in [-0.25, -0.2) is 0 Å². The molecular weight excluding hydrogens is 297 g/mol. The Labute approximate surface area is 106 Å². The molecule has 1 rings (SSSR count). The van der Waals surface area contributed by atoms with Gasteiger partial charge in [0.05, 0.1) is 6.54 Å². The van der Waals surface area contributed by atoms with E-state index < -0.39 is 0 Å². The third kappa shape index (κ3) is 5.19. The highest BCUT2D eigenvalue weighted by atomic mass is 127. The second-order valence-electron chi connectivity index (χ2n) is 3.69. The van der Waals surface area contributed by atoms with E-state index in [0.29, 0.717) is 3.92 Å². The first-order valence-electron chi connectivity index (χ1n) is 5.02. The molecule has 0 saturated carbocycles. The Morgan fingerprint density at radius 1 is 1.40 bits per heavy atom. The summed E-state index contributed by atoms with van der Waals surface area (Å²) in [5, 5.41) is 0. The third-order valence-electron chi connectivity index (χ3n) is 2.17. The minimum absolute atomic E-state index is 0.614. The number of rotatable bonds is 5. The summed E-state index contributed by atoms with van der Waals surface area (Å²) >= 11 is 2.49. The van der Waals surface area contributed by atoms with Gasteiger partial charge < -0.3 is 0 Å². The van der Waals surface area contributed by atoms with Crippen LogP contribution in [0.4, 0.5) is 0 Å². The molecule has 0 amide bonds. The number of halogens is 1. The molecule has 1 atom stereocenters. The maximum absolute atomic E-state index is 5.26. The largest absolute Gasteiger partial charge is 0.294 e. The monoisotopic (exact) mass is 313 g/mol. The van der Waals surface area contributed by atoms with Crippen molar-refractivity contribution in [1.29, 1.82) is 0 Å². The van der Waals surface area contributed by atoms with Crippen molar-refractivity contribution in [1.82, 2.24) is 4.90 Å². The van der Waals surface area contributed by atoms with Crippen LogP contribution in [0.3, 0.4) is 0 Å². The Hall–Kier alpha value is -0.530. The Morgan fingerprint density at radius 3 is 2.67 bits per heavy atom. The summed E-state index contributed by atoms with van der Waals surface area (Å²) in [6.45, 7) is 1.77. The van der Waals surface area contributed by atoms with Gasteiger partial charge in [-0.1, -0.05) is 58.8 Å². The van der Waals surface area contributed by atoms with Crippen LogP contribution in [0.2, 0.25) is 0 Å². The third-order valence-corrected chi connectivity index (χ3v) is 3.01. The molecule has 1 aromatic rings. The van der Waals surface area contributed by atoms with Gasteiger partial charge in [0.2, 0.25) is 0 Å². The first-order valence-corrected chi connectivity index (χ1v) is 6.27. The zero-order valence-electron chi connectivity index (χ0n) is 8.99. The predicted molar refractivity (Wildman–Crippen MR) is 74.3 cm³/mol. The summed E-state index contributed by atoms with van der Waals surface area (Å²) in [5.41, 5.74) is 1.39. The molecule has 0 heterocycles. The van der Waals surface area contributed by atoms with Gasteiger partial charge in [0.15, 0.2) is 0 Å². The van der Waals surface area contributed by atoms with Crippen molar-refractivity contribution in [2.45, 2.75) is 10.3 Å². The molecular formula is C13H16IN. The molecule has 0 spiro atoms. The molecule has 1 aromatic carbocycles. The van der Waals surface area contributed by atoms with Crippen molar-refractivity contribution >= 4 is 22.6 Å². The molecule has 0 bridgehead atoms. The van der Waals surface area contributed by atoms with Crippen molar-refractivity contribution in [3.63, 3.8) is 0 Å². The lowest BCUT2D eigenvalue weighted by Crippen LogP contribution is -2.27. The summed E-state index contributed by atoms with van der Waals surface area (Å²) in [7, 11) is 2.07. The summed E-state index contributed by atoms with van der Waals surface area (Å²) in [6, 6.07) is 10.6. The van der Waals surface area contributed by atoms with Crippen LogP contribution in [0.25, 0.3) is 0 Å². The zero-order valence-corrected chi connectivity index (χ0v) is 11.1. The van der Waals surface area contributed by atoms with E-state index in [4.69, 9.17) is 6.42 Å². The van der Waals surface area contributed by atoms with Gasteiger partial charge in [-0.05, 0) is 19.0 Å². The highest BCUT2D eigenvalue weighted by Crippen LogP contribution is 2.11. The summed E-state index contributed by atoms with van der Waals surface area (Å²) < 4.78 is 0.614. The fraction of sp³-hybridized carbons (Fsp3) is 0.385. The maximum Gasteiger partial charge on any atom is 0.0596 e. The van der Waals surface area contributed by atoms with E-state index in [-0.39, 0.29) is 0 Å². The van der Waals surface area contributed by atoms with Crippen molar-refractivity contribution in [3.05, 3.63) is 35.9 Å². The Morgan fingerprint density at radius 2 is 2.07 bits per heavy atom. The molecule has 2 heteroatoms. The van der Waals surface area contributed by atoms with Gasteiger partial charge >= 0.3 is 0 Å². The molecule has 1 nitrogen and oxygen atoms in total. The topological polar surface area (TPSA) is 3.24 Å². The molecule has 0 fully saturated rings. The van der Waals surface area contributed by atoms with E-state index in [1.807, 2.05) is 0 Å². The van der Waals surface area contributed by atoms with E-state index in [2.05, 4.69) is 70.8 Å². The molecule has 0 aromatic heterocycles. The van der Waals surface area contributed by atoms with Gasteiger partial charge in [-0.15, -0.1) is 6.42 Å². The first kappa shape index (κ1) is 12.5. The molecule has 0 N–H and O–H groups in total. The van der Waals surface area contributed by atoms with Crippen LogP contribution >= 0.6 is 22.6 Å². The number of alkyl halides is 1.